The third-order valence-electron chi connectivity index (χ3n) is 3.61. The molecule has 0 radical (unpaired) electrons. The summed E-state index contributed by atoms with van der Waals surface area (Å²) in [4.78, 5) is 18.4. The number of nitrogen functional groups attached to an aromatic ring is 1. The number of anilines is 1. The van der Waals surface area contributed by atoms with E-state index in [1.807, 2.05) is 0 Å². The van der Waals surface area contributed by atoms with E-state index in [1.165, 1.54) is 6.20 Å². The fourth-order valence-electron chi connectivity index (χ4n) is 2.37. The van der Waals surface area contributed by atoms with E-state index >= 15 is 0 Å². The van der Waals surface area contributed by atoms with Crippen molar-refractivity contribution in [2.45, 2.75) is 13.3 Å². The molecule has 1 saturated heterocycles. The maximum absolute atomic E-state index is 12.0. The summed E-state index contributed by atoms with van der Waals surface area (Å²) in [7, 11) is 0. The Morgan fingerprint density at radius 3 is 3.05 bits per heavy atom. The SMILES string of the molecule is CCN1CCC(CNC(=O)c2cnc(NN)c(Cl)c2)C1. The lowest BCUT2D eigenvalue weighted by Gasteiger charge is -2.14. The number of halogens is 1. The van der Waals surface area contributed by atoms with Crippen LogP contribution in [-0.4, -0.2) is 42.0 Å². The van der Waals surface area contributed by atoms with Crippen LogP contribution in [0.3, 0.4) is 0 Å². The van der Waals surface area contributed by atoms with Crippen LogP contribution in [0.4, 0.5) is 5.82 Å². The van der Waals surface area contributed by atoms with Gasteiger partial charge in [-0.3, -0.25) is 4.79 Å². The van der Waals surface area contributed by atoms with Gasteiger partial charge in [-0.15, -0.1) is 0 Å². The Labute approximate surface area is 123 Å². The highest BCUT2D eigenvalue weighted by Crippen LogP contribution is 2.19. The largest absolute Gasteiger partial charge is 0.352 e. The lowest BCUT2D eigenvalue weighted by molar-refractivity contribution is 0.0947. The Kier molecular flexibility index (Phi) is 5.17. The van der Waals surface area contributed by atoms with E-state index in [-0.39, 0.29) is 5.91 Å². The van der Waals surface area contributed by atoms with Crippen molar-refractivity contribution >= 4 is 23.3 Å². The van der Waals surface area contributed by atoms with Gasteiger partial charge < -0.3 is 15.6 Å². The summed E-state index contributed by atoms with van der Waals surface area (Å²) in [5, 5.41) is 3.27. The number of carbonyl (C=O) groups excluding carboxylic acids is 1. The summed E-state index contributed by atoms with van der Waals surface area (Å²) < 4.78 is 0. The minimum absolute atomic E-state index is 0.155. The molecule has 1 aliphatic heterocycles. The Morgan fingerprint density at radius 1 is 1.65 bits per heavy atom. The molecule has 110 valence electrons. The van der Waals surface area contributed by atoms with Gasteiger partial charge in [0.1, 0.15) is 0 Å². The molecule has 0 spiro atoms. The van der Waals surface area contributed by atoms with Crippen molar-refractivity contribution in [3.8, 4) is 0 Å². The maximum Gasteiger partial charge on any atom is 0.252 e. The predicted molar refractivity (Wildman–Crippen MR) is 79.6 cm³/mol. The molecule has 1 aliphatic rings. The second kappa shape index (κ2) is 6.88. The van der Waals surface area contributed by atoms with Gasteiger partial charge in [0.2, 0.25) is 0 Å². The Bertz CT molecular complexity index is 482. The van der Waals surface area contributed by atoms with Gasteiger partial charge in [0, 0.05) is 19.3 Å². The molecule has 1 atom stereocenters. The molecule has 20 heavy (non-hydrogen) atoms. The molecule has 2 heterocycles. The number of aromatic nitrogens is 1. The van der Waals surface area contributed by atoms with Crippen molar-refractivity contribution in [3.63, 3.8) is 0 Å². The van der Waals surface area contributed by atoms with Gasteiger partial charge in [0.15, 0.2) is 5.82 Å². The monoisotopic (exact) mass is 297 g/mol. The quantitative estimate of drug-likeness (QED) is 0.560. The van der Waals surface area contributed by atoms with Gasteiger partial charge in [-0.2, -0.15) is 0 Å². The van der Waals surface area contributed by atoms with E-state index in [1.54, 1.807) is 6.07 Å². The van der Waals surface area contributed by atoms with E-state index in [4.69, 9.17) is 17.4 Å². The number of nitrogens with one attached hydrogen (secondary N) is 2. The first-order valence-electron chi connectivity index (χ1n) is 6.76. The summed E-state index contributed by atoms with van der Waals surface area (Å²) in [5.41, 5.74) is 2.81. The summed E-state index contributed by atoms with van der Waals surface area (Å²) in [6.07, 6.45) is 2.59. The van der Waals surface area contributed by atoms with Crippen molar-refractivity contribution < 1.29 is 4.79 Å². The third-order valence-corrected chi connectivity index (χ3v) is 3.90. The molecule has 0 aromatic carbocycles. The van der Waals surface area contributed by atoms with Crippen molar-refractivity contribution in [2.75, 3.05) is 31.6 Å². The number of pyridine rings is 1. The van der Waals surface area contributed by atoms with E-state index in [9.17, 15) is 4.79 Å². The van der Waals surface area contributed by atoms with Gasteiger partial charge >= 0.3 is 0 Å². The van der Waals surface area contributed by atoms with Crippen LogP contribution in [0.5, 0.6) is 0 Å². The molecule has 2 rings (SSSR count). The number of nitrogens with zero attached hydrogens (tertiary/aromatic N) is 2. The summed E-state index contributed by atoms with van der Waals surface area (Å²) in [5.74, 6) is 5.97. The third kappa shape index (κ3) is 3.59. The van der Waals surface area contributed by atoms with Crippen molar-refractivity contribution in [1.29, 1.82) is 0 Å². The number of hydrogen-bond donors (Lipinski definition) is 3. The smallest absolute Gasteiger partial charge is 0.252 e. The Hall–Kier alpha value is -1.37. The number of amides is 1. The van der Waals surface area contributed by atoms with Crippen LogP contribution in [0.25, 0.3) is 0 Å². The first kappa shape index (κ1) is 15.0. The van der Waals surface area contributed by atoms with Gasteiger partial charge in [-0.05, 0) is 31.5 Å². The summed E-state index contributed by atoms with van der Waals surface area (Å²) >= 11 is 5.95. The Balaban J connectivity index is 1.87. The van der Waals surface area contributed by atoms with Crippen LogP contribution >= 0.6 is 11.6 Å². The number of rotatable bonds is 5. The van der Waals surface area contributed by atoms with E-state index in [0.717, 1.165) is 26.1 Å². The van der Waals surface area contributed by atoms with E-state index < -0.39 is 0 Å². The molecule has 1 amide bonds. The molecule has 0 bridgehead atoms. The number of likely N-dealkylation sites (tertiary alicyclic amines) is 1. The molecule has 7 heteroatoms. The van der Waals surface area contributed by atoms with Crippen LogP contribution in [-0.2, 0) is 0 Å². The van der Waals surface area contributed by atoms with Crippen molar-refractivity contribution in [1.82, 2.24) is 15.2 Å². The van der Waals surface area contributed by atoms with Gasteiger partial charge in [-0.1, -0.05) is 18.5 Å². The first-order chi connectivity index (χ1) is 9.63. The normalized spacial score (nSPS) is 19.1. The Morgan fingerprint density at radius 2 is 2.45 bits per heavy atom. The number of hydrogen-bond acceptors (Lipinski definition) is 5. The number of nitrogens with two attached hydrogens (primary N) is 1. The first-order valence-corrected chi connectivity index (χ1v) is 7.14. The fraction of sp³-hybridized carbons (Fsp3) is 0.538. The average molecular weight is 298 g/mol. The zero-order chi connectivity index (χ0) is 14.5. The molecular formula is C13H20ClN5O. The second-order valence-electron chi connectivity index (χ2n) is 4.96. The van der Waals surface area contributed by atoms with Crippen LogP contribution in [0, 0.1) is 5.92 Å². The molecule has 6 nitrogen and oxygen atoms in total. The topological polar surface area (TPSA) is 83.3 Å². The zero-order valence-electron chi connectivity index (χ0n) is 11.5. The minimum Gasteiger partial charge on any atom is -0.352 e. The lowest BCUT2D eigenvalue weighted by atomic mass is 10.1. The summed E-state index contributed by atoms with van der Waals surface area (Å²) in [6.45, 7) is 6.07. The van der Waals surface area contributed by atoms with Gasteiger partial charge in [-0.25, -0.2) is 10.8 Å². The highest BCUT2D eigenvalue weighted by Gasteiger charge is 2.21. The van der Waals surface area contributed by atoms with Crippen molar-refractivity contribution in [3.05, 3.63) is 22.8 Å². The zero-order valence-corrected chi connectivity index (χ0v) is 12.3. The van der Waals surface area contributed by atoms with E-state index in [0.29, 0.717) is 28.9 Å². The fourth-order valence-corrected chi connectivity index (χ4v) is 2.59. The molecule has 1 unspecified atom stereocenters. The second-order valence-corrected chi connectivity index (χ2v) is 5.36. The van der Waals surface area contributed by atoms with Gasteiger partial charge in [0.25, 0.3) is 5.91 Å². The standard InChI is InChI=1S/C13H20ClN5O/c1-2-19-4-3-9(8-19)6-17-13(20)10-5-11(14)12(18-15)16-7-10/h5,7,9H,2-4,6,8,15H2,1H3,(H,16,18)(H,17,20). The molecular weight excluding hydrogens is 278 g/mol. The predicted octanol–water partition coefficient (Wildman–Crippen LogP) is 1.09. The van der Waals surface area contributed by atoms with Crippen LogP contribution in [0.15, 0.2) is 12.3 Å². The van der Waals surface area contributed by atoms with Crippen LogP contribution in [0.2, 0.25) is 5.02 Å². The molecule has 1 fully saturated rings. The average Bonchev–Trinajstić information content (AvgIpc) is 2.92. The van der Waals surface area contributed by atoms with Crippen LogP contribution < -0.4 is 16.6 Å². The number of carbonyl (C=O) groups is 1. The molecule has 4 N–H and O–H groups in total. The molecule has 1 aromatic rings. The highest BCUT2D eigenvalue weighted by molar-refractivity contribution is 6.33. The molecule has 0 aliphatic carbocycles. The minimum atomic E-state index is -0.155. The highest BCUT2D eigenvalue weighted by atomic mass is 35.5. The van der Waals surface area contributed by atoms with Crippen LogP contribution in [0.1, 0.15) is 23.7 Å². The van der Waals surface area contributed by atoms with E-state index in [2.05, 4.69) is 27.6 Å². The number of hydrazine groups is 1. The lowest BCUT2D eigenvalue weighted by Crippen LogP contribution is -2.31. The van der Waals surface area contributed by atoms with Crippen molar-refractivity contribution in [2.24, 2.45) is 11.8 Å². The summed E-state index contributed by atoms with van der Waals surface area (Å²) in [6, 6.07) is 1.56. The van der Waals surface area contributed by atoms with Gasteiger partial charge in [0.05, 0.1) is 10.6 Å². The molecule has 0 saturated carbocycles. The molecule has 1 aromatic heterocycles. The maximum atomic E-state index is 12.0.